The standard InChI is InChI=1S/C9H13NS.C8H11NS.C7H7NOS.C7H9NS/c1-6-5-7-8(10-2)3-4-9(7)11-6;1-9-7-2-3-8-6(7)4-5-10-8;9-8-6-1-2-7-5(6)3-4-10-7;8-6-1-2-7-5(6)3-4-9-7/h5,8,10H,3-4H2,1-2H3;4-5,7,9H,2-3H2,1H3;3-4,9H,1-2H2;3-4,6H,1-2,8H2/b;;8-6+;. The van der Waals surface area contributed by atoms with Crippen LogP contribution in [0.1, 0.15) is 90.4 Å². The van der Waals surface area contributed by atoms with Gasteiger partial charge in [0.05, 0.1) is 5.71 Å². The Bertz CT molecular complexity index is 1410. The fraction of sp³-hybridized carbons (Fsp3) is 0.452. The molecule has 0 amide bonds. The maximum absolute atomic E-state index is 8.52. The van der Waals surface area contributed by atoms with Gasteiger partial charge in [0.25, 0.3) is 0 Å². The molecule has 4 aliphatic carbocycles. The molecule has 0 fully saturated rings. The summed E-state index contributed by atoms with van der Waals surface area (Å²) in [5.41, 5.74) is 12.3. The highest BCUT2D eigenvalue weighted by Crippen LogP contribution is 2.37. The third-order valence-electron chi connectivity index (χ3n) is 8.14. The van der Waals surface area contributed by atoms with Crippen molar-refractivity contribution < 1.29 is 5.21 Å². The minimum atomic E-state index is 0.339. The topological polar surface area (TPSA) is 82.7 Å². The van der Waals surface area contributed by atoms with Gasteiger partial charge >= 0.3 is 0 Å². The van der Waals surface area contributed by atoms with E-state index in [2.05, 4.69) is 51.7 Å². The first-order valence-electron chi connectivity index (χ1n) is 14.1. The van der Waals surface area contributed by atoms with Crippen molar-refractivity contribution in [3.63, 3.8) is 0 Å². The molecule has 40 heavy (non-hydrogen) atoms. The first-order valence-corrected chi connectivity index (χ1v) is 17.6. The minimum absolute atomic E-state index is 0.339. The Morgan fingerprint density at radius 3 is 2.05 bits per heavy atom. The van der Waals surface area contributed by atoms with Gasteiger partial charge in [-0.15, -0.1) is 45.3 Å². The molecular weight excluding hydrogens is 573 g/mol. The molecule has 5 nitrogen and oxygen atoms in total. The molecule has 3 unspecified atom stereocenters. The maximum atomic E-state index is 8.52. The lowest BCUT2D eigenvalue weighted by molar-refractivity contribution is 0.318. The zero-order valence-electron chi connectivity index (χ0n) is 23.5. The summed E-state index contributed by atoms with van der Waals surface area (Å²) in [5.74, 6) is 0. The molecule has 9 heteroatoms. The maximum Gasteiger partial charge on any atom is 0.0882 e. The van der Waals surface area contributed by atoms with E-state index in [1.807, 2.05) is 59.6 Å². The number of hydrogen-bond donors (Lipinski definition) is 4. The second kappa shape index (κ2) is 13.9. The summed E-state index contributed by atoms with van der Waals surface area (Å²) in [6, 6.07) is 10.4. The highest BCUT2D eigenvalue weighted by atomic mass is 32.1. The number of nitrogens with two attached hydrogens (primary N) is 1. The van der Waals surface area contributed by atoms with Crippen LogP contribution in [0.25, 0.3) is 0 Å². The highest BCUT2D eigenvalue weighted by molar-refractivity contribution is 7.12. The summed E-state index contributed by atoms with van der Waals surface area (Å²) in [5, 5.41) is 24.8. The smallest absolute Gasteiger partial charge is 0.0882 e. The molecule has 0 aliphatic heterocycles. The lowest BCUT2D eigenvalue weighted by atomic mass is 10.2. The van der Waals surface area contributed by atoms with Crippen LogP contribution in [0.15, 0.2) is 45.6 Å². The van der Waals surface area contributed by atoms with Gasteiger partial charge in [0.2, 0.25) is 0 Å². The van der Waals surface area contributed by atoms with Gasteiger partial charge in [0.15, 0.2) is 0 Å². The SMILES string of the molecule is CNC1CCc2sc(C)cc21.CNC1CCc2sccc21.NC1CCc2sccc21.O/N=C1\CCc2sccc21. The number of aryl methyl sites for hydroxylation is 5. The molecule has 4 aromatic rings. The predicted molar refractivity (Wildman–Crippen MR) is 174 cm³/mol. The molecule has 3 atom stereocenters. The summed E-state index contributed by atoms with van der Waals surface area (Å²) in [4.78, 5) is 7.49. The summed E-state index contributed by atoms with van der Waals surface area (Å²) < 4.78 is 0. The molecule has 4 aliphatic rings. The van der Waals surface area contributed by atoms with Crippen molar-refractivity contribution in [3.8, 4) is 0 Å². The van der Waals surface area contributed by atoms with Crippen LogP contribution in [0, 0.1) is 6.92 Å². The van der Waals surface area contributed by atoms with E-state index in [1.165, 1.54) is 57.9 Å². The normalized spacial score (nSPS) is 22.3. The van der Waals surface area contributed by atoms with Crippen LogP contribution < -0.4 is 16.4 Å². The van der Waals surface area contributed by atoms with Crippen molar-refractivity contribution in [2.24, 2.45) is 10.9 Å². The van der Waals surface area contributed by atoms with E-state index in [9.17, 15) is 0 Å². The zero-order chi connectivity index (χ0) is 28.1. The van der Waals surface area contributed by atoms with Gasteiger partial charge in [0, 0.05) is 48.1 Å². The highest BCUT2D eigenvalue weighted by Gasteiger charge is 2.23. The number of hydrogen-bond acceptors (Lipinski definition) is 9. The molecule has 0 spiro atoms. The van der Waals surface area contributed by atoms with Crippen molar-refractivity contribution >= 4 is 51.1 Å². The molecule has 0 saturated carbocycles. The first kappa shape index (κ1) is 29.6. The van der Waals surface area contributed by atoms with E-state index in [-0.39, 0.29) is 0 Å². The van der Waals surface area contributed by atoms with Crippen LogP contribution in [0.4, 0.5) is 0 Å². The molecule has 4 aromatic heterocycles. The Morgan fingerprint density at radius 2 is 1.35 bits per heavy atom. The Morgan fingerprint density at radius 1 is 0.750 bits per heavy atom. The third-order valence-corrected chi connectivity index (χ3v) is 12.2. The average molecular weight is 613 g/mol. The largest absolute Gasteiger partial charge is 0.411 e. The number of fused-ring (bicyclic) bond motifs is 4. The zero-order valence-corrected chi connectivity index (χ0v) is 26.8. The van der Waals surface area contributed by atoms with Crippen molar-refractivity contribution in [2.45, 2.75) is 76.4 Å². The van der Waals surface area contributed by atoms with E-state index in [1.54, 1.807) is 26.7 Å². The second-order valence-electron chi connectivity index (χ2n) is 10.5. The molecule has 8 rings (SSSR count). The molecular formula is C31H40N4OS4. The lowest BCUT2D eigenvalue weighted by Crippen LogP contribution is -2.12. The third kappa shape index (κ3) is 6.62. The quantitative estimate of drug-likeness (QED) is 0.138. The van der Waals surface area contributed by atoms with Crippen LogP contribution in [-0.4, -0.2) is 25.0 Å². The Labute approximate surface area is 254 Å². The van der Waals surface area contributed by atoms with E-state index in [0.29, 0.717) is 18.1 Å². The van der Waals surface area contributed by atoms with E-state index < -0.39 is 0 Å². The monoisotopic (exact) mass is 612 g/mol. The van der Waals surface area contributed by atoms with Crippen molar-refractivity contribution in [3.05, 3.63) is 87.0 Å². The number of nitrogens with one attached hydrogen (secondary N) is 2. The van der Waals surface area contributed by atoms with Gasteiger partial charge in [-0.25, -0.2) is 0 Å². The summed E-state index contributed by atoms with van der Waals surface area (Å²) in [6.07, 6.45) is 9.44. The number of nitrogens with zero attached hydrogens (tertiary/aromatic N) is 1. The number of thiophene rings is 4. The summed E-state index contributed by atoms with van der Waals surface area (Å²) in [7, 11) is 4.09. The van der Waals surface area contributed by atoms with Crippen LogP contribution in [-0.2, 0) is 25.7 Å². The van der Waals surface area contributed by atoms with Gasteiger partial charge in [-0.3, -0.25) is 0 Å². The summed E-state index contributed by atoms with van der Waals surface area (Å²) in [6.45, 7) is 2.19. The van der Waals surface area contributed by atoms with Crippen LogP contribution in [0.2, 0.25) is 0 Å². The molecule has 4 heterocycles. The Kier molecular flexibility index (Phi) is 10.3. The minimum Gasteiger partial charge on any atom is -0.411 e. The van der Waals surface area contributed by atoms with Gasteiger partial charge in [0.1, 0.15) is 0 Å². The van der Waals surface area contributed by atoms with Crippen molar-refractivity contribution in [2.75, 3.05) is 14.1 Å². The number of oxime groups is 1. The molecule has 0 aromatic carbocycles. The van der Waals surface area contributed by atoms with E-state index >= 15 is 0 Å². The van der Waals surface area contributed by atoms with Crippen LogP contribution >= 0.6 is 45.3 Å². The predicted octanol–water partition coefficient (Wildman–Crippen LogP) is 7.78. The van der Waals surface area contributed by atoms with Gasteiger partial charge in [-0.1, -0.05) is 5.16 Å². The van der Waals surface area contributed by atoms with Crippen molar-refractivity contribution in [1.29, 1.82) is 0 Å². The van der Waals surface area contributed by atoms with Crippen LogP contribution in [0.3, 0.4) is 0 Å². The summed E-state index contributed by atoms with van der Waals surface area (Å²) >= 11 is 7.42. The first-order chi connectivity index (χ1) is 19.5. The van der Waals surface area contributed by atoms with Crippen LogP contribution in [0.5, 0.6) is 0 Å². The van der Waals surface area contributed by atoms with Gasteiger partial charge in [-0.05, 0) is 129 Å². The molecule has 0 radical (unpaired) electrons. The lowest BCUT2D eigenvalue weighted by Gasteiger charge is -2.06. The van der Waals surface area contributed by atoms with E-state index in [0.717, 1.165) is 30.5 Å². The molecule has 214 valence electrons. The second-order valence-corrected chi connectivity index (χ2v) is 14.9. The van der Waals surface area contributed by atoms with Gasteiger partial charge < -0.3 is 21.6 Å². The molecule has 0 bridgehead atoms. The van der Waals surface area contributed by atoms with Crippen molar-refractivity contribution in [1.82, 2.24) is 10.6 Å². The Hall–Kier alpha value is -1.85. The van der Waals surface area contributed by atoms with E-state index in [4.69, 9.17) is 10.9 Å². The molecule has 0 saturated heterocycles. The molecule has 5 N–H and O–H groups in total. The fourth-order valence-electron chi connectivity index (χ4n) is 5.99. The average Bonchev–Trinajstić information content (AvgIpc) is 3.76. The Balaban J connectivity index is 0.000000108. The fourth-order valence-corrected chi connectivity index (χ4v) is 9.93. The number of rotatable bonds is 2. The van der Waals surface area contributed by atoms with Gasteiger partial charge in [-0.2, -0.15) is 0 Å².